The van der Waals surface area contributed by atoms with Crippen LogP contribution in [0.15, 0.2) is 12.3 Å². The largest absolute Gasteiger partial charge is 0.481 e. The molecule has 8 nitrogen and oxygen atoms in total. The third-order valence-corrected chi connectivity index (χ3v) is 5.45. The van der Waals surface area contributed by atoms with Crippen molar-refractivity contribution in [2.75, 3.05) is 38.7 Å². The SMILES string of the molecule is COc1ccnc(N[C@H]2CC[C@@H](C(=O)NC(C)C)CN(C3CCOCC3)C2)n1. The van der Waals surface area contributed by atoms with E-state index in [0.29, 0.717) is 17.9 Å². The molecule has 0 unspecified atom stereocenters. The topological polar surface area (TPSA) is 88.6 Å². The van der Waals surface area contributed by atoms with Gasteiger partial charge in [-0.2, -0.15) is 4.98 Å². The summed E-state index contributed by atoms with van der Waals surface area (Å²) in [6, 6.07) is 2.54. The maximum Gasteiger partial charge on any atom is 0.226 e. The van der Waals surface area contributed by atoms with Crippen LogP contribution in [-0.4, -0.2) is 72.3 Å². The number of nitrogens with zero attached hydrogens (tertiary/aromatic N) is 3. The zero-order valence-electron chi connectivity index (χ0n) is 17.2. The molecule has 1 amide bonds. The van der Waals surface area contributed by atoms with E-state index in [9.17, 15) is 4.79 Å². The number of hydrogen-bond acceptors (Lipinski definition) is 7. The van der Waals surface area contributed by atoms with Crippen LogP contribution in [-0.2, 0) is 9.53 Å². The Hall–Kier alpha value is -1.93. The molecule has 1 aromatic heterocycles. The van der Waals surface area contributed by atoms with E-state index in [2.05, 4.69) is 25.5 Å². The molecule has 0 bridgehead atoms. The molecule has 8 heteroatoms. The Balaban J connectivity index is 1.71. The first-order valence-corrected chi connectivity index (χ1v) is 10.3. The molecule has 156 valence electrons. The fourth-order valence-corrected chi connectivity index (χ4v) is 4.02. The van der Waals surface area contributed by atoms with Gasteiger partial charge in [0.1, 0.15) is 0 Å². The second-order valence-electron chi connectivity index (χ2n) is 8.00. The highest BCUT2D eigenvalue weighted by molar-refractivity contribution is 5.79. The summed E-state index contributed by atoms with van der Waals surface area (Å²) >= 11 is 0. The van der Waals surface area contributed by atoms with Crippen LogP contribution in [0.4, 0.5) is 5.95 Å². The highest BCUT2D eigenvalue weighted by Gasteiger charge is 2.33. The van der Waals surface area contributed by atoms with Gasteiger partial charge in [0.05, 0.1) is 13.0 Å². The fraction of sp³-hybridized carbons (Fsp3) is 0.750. The molecule has 2 N–H and O–H groups in total. The van der Waals surface area contributed by atoms with Gasteiger partial charge in [0.15, 0.2) is 0 Å². The molecule has 2 atom stereocenters. The second kappa shape index (κ2) is 10.0. The van der Waals surface area contributed by atoms with Gasteiger partial charge < -0.3 is 20.1 Å². The van der Waals surface area contributed by atoms with Gasteiger partial charge in [-0.25, -0.2) is 4.98 Å². The van der Waals surface area contributed by atoms with Crippen molar-refractivity contribution in [2.45, 2.75) is 57.7 Å². The van der Waals surface area contributed by atoms with Crippen LogP contribution in [0.25, 0.3) is 0 Å². The average Bonchev–Trinajstić information content (AvgIpc) is 2.91. The first-order chi connectivity index (χ1) is 13.5. The summed E-state index contributed by atoms with van der Waals surface area (Å²) in [6.45, 7) is 7.27. The number of carbonyl (C=O) groups is 1. The number of methoxy groups -OCH3 is 1. The van der Waals surface area contributed by atoms with Gasteiger partial charge in [-0.3, -0.25) is 9.69 Å². The minimum Gasteiger partial charge on any atom is -0.481 e. The summed E-state index contributed by atoms with van der Waals surface area (Å²) in [5, 5.41) is 6.55. The van der Waals surface area contributed by atoms with Gasteiger partial charge in [0.2, 0.25) is 17.7 Å². The van der Waals surface area contributed by atoms with Crippen molar-refractivity contribution in [2.24, 2.45) is 5.92 Å². The lowest BCUT2D eigenvalue weighted by atomic mass is 10.00. The van der Waals surface area contributed by atoms with Crippen molar-refractivity contribution in [3.63, 3.8) is 0 Å². The molecule has 2 fully saturated rings. The number of carbonyl (C=O) groups excluding carboxylic acids is 1. The Kier molecular flexibility index (Phi) is 7.44. The van der Waals surface area contributed by atoms with E-state index >= 15 is 0 Å². The molecule has 1 aromatic rings. The molecule has 28 heavy (non-hydrogen) atoms. The normalized spacial score (nSPS) is 24.6. The van der Waals surface area contributed by atoms with Gasteiger partial charge >= 0.3 is 0 Å². The summed E-state index contributed by atoms with van der Waals surface area (Å²) in [4.78, 5) is 23.9. The Morgan fingerprint density at radius 1 is 1.25 bits per heavy atom. The first kappa shape index (κ1) is 20.8. The quantitative estimate of drug-likeness (QED) is 0.763. The van der Waals surface area contributed by atoms with E-state index in [1.165, 1.54) is 0 Å². The highest BCUT2D eigenvalue weighted by Crippen LogP contribution is 2.24. The third kappa shape index (κ3) is 5.78. The van der Waals surface area contributed by atoms with Crippen molar-refractivity contribution in [3.8, 4) is 5.88 Å². The maximum atomic E-state index is 12.7. The van der Waals surface area contributed by atoms with Crippen LogP contribution in [0.1, 0.15) is 39.5 Å². The van der Waals surface area contributed by atoms with Gasteiger partial charge in [-0.05, 0) is 39.5 Å². The molecule has 0 spiro atoms. The highest BCUT2D eigenvalue weighted by atomic mass is 16.5. The van der Waals surface area contributed by atoms with Crippen LogP contribution < -0.4 is 15.4 Å². The molecule has 2 aliphatic heterocycles. The van der Waals surface area contributed by atoms with E-state index in [1.54, 1.807) is 19.4 Å². The number of amides is 1. The monoisotopic (exact) mass is 391 g/mol. The maximum absolute atomic E-state index is 12.7. The van der Waals surface area contributed by atoms with Crippen molar-refractivity contribution < 1.29 is 14.3 Å². The van der Waals surface area contributed by atoms with Crippen molar-refractivity contribution in [3.05, 3.63) is 12.3 Å². The Labute approximate surface area is 167 Å². The Morgan fingerprint density at radius 3 is 2.75 bits per heavy atom. The minimum atomic E-state index is 0.00303. The molecular weight excluding hydrogens is 358 g/mol. The predicted molar refractivity (Wildman–Crippen MR) is 107 cm³/mol. The molecular formula is C20H33N5O3. The second-order valence-corrected chi connectivity index (χ2v) is 8.00. The summed E-state index contributed by atoms with van der Waals surface area (Å²) in [6.07, 6.45) is 5.47. The number of nitrogens with one attached hydrogen (secondary N) is 2. The van der Waals surface area contributed by atoms with Gasteiger partial charge in [-0.1, -0.05) is 0 Å². The molecule has 0 aromatic carbocycles. The lowest BCUT2D eigenvalue weighted by Gasteiger charge is -2.36. The summed E-state index contributed by atoms with van der Waals surface area (Å²) in [5.41, 5.74) is 0. The van der Waals surface area contributed by atoms with Crippen molar-refractivity contribution >= 4 is 11.9 Å². The minimum absolute atomic E-state index is 0.00303. The van der Waals surface area contributed by atoms with E-state index in [0.717, 1.165) is 52.0 Å². The Bertz CT molecular complexity index is 636. The summed E-state index contributed by atoms with van der Waals surface area (Å²) in [7, 11) is 1.60. The van der Waals surface area contributed by atoms with E-state index in [4.69, 9.17) is 9.47 Å². The first-order valence-electron chi connectivity index (χ1n) is 10.3. The van der Waals surface area contributed by atoms with E-state index < -0.39 is 0 Å². The van der Waals surface area contributed by atoms with Crippen LogP contribution in [0, 0.1) is 5.92 Å². The summed E-state index contributed by atoms with van der Waals surface area (Å²) in [5.74, 6) is 1.27. The number of hydrogen-bond donors (Lipinski definition) is 2. The molecule has 2 saturated heterocycles. The number of anilines is 1. The molecule has 3 heterocycles. The number of ether oxygens (including phenoxy) is 2. The van der Waals surface area contributed by atoms with Crippen molar-refractivity contribution in [1.29, 1.82) is 0 Å². The smallest absolute Gasteiger partial charge is 0.226 e. The fourth-order valence-electron chi connectivity index (χ4n) is 4.02. The van der Waals surface area contributed by atoms with E-state index in [-0.39, 0.29) is 23.9 Å². The standard InChI is InChI=1S/C20H33N5O3/c1-14(2)22-19(26)15-4-5-16(23-20-21-9-6-18(24-20)27-3)13-25(12-15)17-7-10-28-11-8-17/h6,9,14-17H,4-5,7-8,10-13H2,1-3H3,(H,22,26)(H,21,23,24)/t15-,16+/m1/s1. The average molecular weight is 392 g/mol. The van der Waals surface area contributed by atoms with Crippen LogP contribution in [0.2, 0.25) is 0 Å². The zero-order valence-corrected chi connectivity index (χ0v) is 17.2. The zero-order chi connectivity index (χ0) is 19.9. The number of aromatic nitrogens is 2. The number of likely N-dealkylation sites (tertiary alicyclic amines) is 1. The Morgan fingerprint density at radius 2 is 2.04 bits per heavy atom. The van der Waals surface area contributed by atoms with Crippen LogP contribution >= 0.6 is 0 Å². The molecule has 0 radical (unpaired) electrons. The van der Waals surface area contributed by atoms with Crippen molar-refractivity contribution in [1.82, 2.24) is 20.2 Å². The predicted octanol–water partition coefficient (Wildman–Crippen LogP) is 1.68. The van der Waals surface area contributed by atoms with Crippen LogP contribution in [0.5, 0.6) is 5.88 Å². The van der Waals surface area contributed by atoms with Gasteiger partial charge in [0, 0.05) is 56.7 Å². The molecule has 2 aliphatic rings. The van der Waals surface area contributed by atoms with E-state index in [1.807, 2.05) is 13.8 Å². The van der Waals surface area contributed by atoms with Gasteiger partial charge in [-0.15, -0.1) is 0 Å². The molecule has 0 saturated carbocycles. The third-order valence-electron chi connectivity index (χ3n) is 5.45. The van der Waals surface area contributed by atoms with Crippen LogP contribution in [0.3, 0.4) is 0 Å². The summed E-state index contributed by atoms with van der Waals surface area (Å²) < 4.78 is 10.7. The lowest BCUT2D eigenvalue weighted by molar-refractivity contribution is -0.126. The van der Waals surface area contributed by atoms with Gasteiger partial charge in [0.25, 0.3) is 0 Å². The molecule has 0 aliphatic carbocycles. The number of rotatable bonds is 6. The lowest BCUT2D eigenvalue weighted by Crippen LogP contribution is -2.47. The molecule has 3 rings (SSSR count).